The number of rotatable bonds is 2. The number of alkyl halides is 3. The summed E-state index contributed by atoms with van der Waals surface area (Å²) in [6.45, 7) is -1.20. The van der Waals surface area contributed by atoms with Gasteiger partial charge in [-0.1, -0.05) is 6.07 Å². The van der Waals surface area contributed by atoms with Crippen LogP contribution in [0.1, 0.15) is 11.5 Å². The van der Waals surface area contributed by atoms with Gasteiger partial charge in [0.15, 0.2) is 11.6 Å². The van der Waals surface area contributed by atoms with Crippen molar-refractivity contribution in [2.75, 3.05) is 6.61 Å². The largest absolute Gasteiger partial charge is 0.397 e. The zero-order valence-electron chi connectivity index (χ0n) is 7.35. The number of benzene rings is 1. The molecule has 84 valence electrons. The van der Waals surface area contributed by atoms with Crippen LogP contribution in [-0.2, 0) is 0 Å². The van der Waals surface area contributed by atoms with Crippen LogP contribution in [0.25, 0.3) is 0 Å². The van der Waals surface area contributed by atoms with Crippen molar-refractivity contribution in [1.29, 1.82) is 0 Å². The lowest BCUT2D eigenvalue weighted by molar-refractivity contribution is -0.158. The maximum absolute atomic E-state index is 12.6. The van der Waals surface area contributed by atoms with Crippen molar-refractivity contribution in [1.82, 2.24) is 0 Å². The van der Waals surface area contributed by atoms with E-state index in [0.29, 0.717) is 12.1 Å². The Kier molecular flexibility index (Phi) is 3.28. The molecule has 0 radical (unpaired) electrons. The van der Waals surface area contributed by atoms with Crippen LogP contribution in [0.2, 0.25) is 0 Å². The van der Waals surface area contributed by atoms with Crippen LogP contribution in [0.5, 0.6) is 0 Å². The van der Waals surface area contributed by atoms with E-state index in [1.54, 1.807) is 0 Å². The van der Waals surface area contributed by atoms with Gasteiger partial charge in [-0.3, -0.25) is 0 Å². The summed E-state index contributed by atoms with van der Waals surface area (Å²) in [5, 5.41) is 8.54. The number of halogens is 5. The molecule has 0 fully saturated rings. The first-order valence-electron chi connectivity index (χ1n) is 3.98. The third-order valence-electron chi connectivity index (χ3n) is 1.92. The lowest BCUT2D eigenvalue weighted by atomic mass is 9.99. The Morgan fingerprint density at radius 1 is 1.13 bits per heavy atom. The van der Waals surface area contributed by atoms with Gasteiger partial charge in [-0.25, -0.2) is 8.78 Å². The molecule has 0 amide bonds. The lowest BCUT2D eigenvalue weighted by Crippen LogP contribution is -2.24. The zero-order valence-corrected chi connectivity index (χ0v) is 7.35. The van der Waals surface area contributed by atoms with Gasteiger partial charge in [0.1, 0.15) is 5.92 Å². The summed E-state index contributed by atoms with van der Waals surface area (Å²) in [6.07, 6.45) is -4.68. The highest BCUT2D eigenvalue weighted by atomic mass is 19.4. The molecule has 1 rings (SSSR count). The Morgan fingerprint density at radius 3 is 2.13 bits per heavy atom. The summed E-state index contributed by atoms with van der Waals surface area (Å²) in [7, 11) is 0. The van der Waals surface area contributed by atoms with Gasteiger partial charge in [-0.05, 0) is 17.7 Å². The van der Waals surface area contributed by atoms with Crippen molar-refractivity contribution >= 4 is 0 Å². The molecular weight excluding hydrogens is 219 g/mol. The summed E-state index contributed by atoms with van der Waals surface area (Å²) in [5.74, 6) is -4.78. The van der Waals surface area contributed by atoms with E-state index in [-0.39, 0.29) is 0 Å². The van der Waals surface area contributed by atoms with E-state index in [0.717, 1.165) is 6.07 Å². The quantitative estimate of drug-likeness (QED) is 0.768. The third-order valence-corrected chi connectivity index (χ3v) is 1.92. The summed E-state index contributed by atoms with van der Waals surface area (Å²) < 4.78 is 61.9. The van der Waals surface area contributed by atoms with Gasteiger partial charge in [0.05, 0.1) is 6.61 Å². The minimum absolute atomic E-state index is 0.434. The van der Waals surface area contributed by atoms with Crippen LogP contribution >= 0.6 is 0 Å². The molecule has 0 heterocycles. The van der Waals surface area contributed by atoms with Gasteiger partial charge in [-0.2, -0.15) is 13.2 Å². The molecule has 6 heteroatoms. The average molecular weight is 226 g/mol. The van der Waals surface area contributed by atoms with Crippen LogP contribution in [0.3, 0.4) is 0 Å². The van der Waals surface area contributed by atoms with E-state index in [2.05, 4.69) is 0 Å². The van der Waals surface area contributed by atoms with Crippen LogP contribution < -0.4 is 0 Å². The van der Waals surface area contributed by atoms with Gasteiger partial charge >= 0.3 is 6.18 Å². The number of aliphatic hydroxyl groups excluding tert-OH is 1. The van der Waals surface area contributed by atoms with Crippen LogP contribution in [0, 0.1) is 11.6 Å². The Labute approximate surface area is 82.1 Å². The maximum Gasteiger partial charge on any atom is 0.397 e. The van der Waals surface area contributed by atoms with Crippen LogP contribution in [0.4, 0.5) is 22.0 Å². The second kappa shape index (κ2) is 4.14. The molecule has 15 heavy (non-hydrogen) atoms. The number of hydrogen-bond donors (Lipinski definition) is 1. The fourth-order valence-corrected chi connectivity index (χ4v) is 1.13. The molecule has 0 bridgehead atoms. The molecule has 1 atom stereocenters. The molecule has 0 saturated carbocycles. The maximum atomic E-state index is 12.6. The Bertz CT molecular complexity index is 347. The standard InChI is InChI=1S/C9H7F5O/c10-7-2-1-5(3-8(7)11)6(4-15)9(12,13)14/h1-3,6,15H,4H2. The van der Waals surface area contributed by atoms with E-state index < -0.39 is 35.9 Å². The summed E-state index contributed by atoms with van der Waals surface area (Å²) in [6, 6.07) is 1.83. The predicted octanol–water partition coefficient (Wildman–Crippen LogP) is 2.60. The average Bonchev–Trinajstić information content (AvgIpc) is 2.10. The second-order valence-electron chi connectivity index (χ2n) is 2.95. The van der Waals surface area contributed by atoms with Crippen molar-refractivity contribution in [2.45, 2.75) is 12.1 Å². The van der Waals surface area contributed by atoms with Gasteiger partial charge in [0.2, 0.25) is 0 Å². The Morgan fingerprint density at radius 2 is 1.73 bits per heavy atom. The Hall–Kier alpha value is -1.17. The molecule has 0 aliphatic heterocycles. The monoisotopic (exact) mass is 226 g/mol. The molecule has 1 unspecified atom stereocenters. The minimum atomic E-state index is -4.68. The van der Waals surface area contributed by atoms with Crippen LogP contribution in [0.15, 0.2) is 18.2 Å². The summed E-state index contributed by atoms with van der Waals surface area (Å²) in [5.41, 5.74) is -0.496. The lowest BCUT2D eigenvalue weighted by Gasteiger charge is -2.18. The first kappa shape index (κ1) is 11.9. The number of aliphatic hydroxyl groups is 1. The van der Waals surface area contributed by atoms with Crippen LogP contribution in [-0.4, -0.2) is 17.9 Å². The van der Waals surface area contributed by atoms with Gasteiger partial charge in [-0.15, -0.1) is 0 Å². The molecule has 0 aliphatic carbocycles. The molecule has 0 aromatic heterocycles. The number of hydrogen-bond acceptors (Lipinski definition) is 1. The molecular formula is C9H7F5O. The summed E-state index contributed by atoms with van der Waals surface area (Å²) in [4.78, 5) is 0. The topological polar surface area (TPSA) is 20.2 Å². The molecule has 1 nitrogen and oxygen atoms in total. The zero-order chi connectivity index (χ0) is 11.6. The fourth-order valence-electron chi connectivity index (χ4n) is 1.13. The van der Waals surface area contributed by atoms with E-state index in [1.807, 2.05) is 0 Å². The van der Waals surface area contributed by atoms with Gasteiger partial charge in [0, 0.05) is 0 Å². The molecule has 0 saturated heterocycles. The first-order chi connectivity index (χ1) is 6.86. The second-order valence-corrected chi connectivity index (χ2v) is 2.95. The van der Waals surface area contributed by atoms with E-state index >= 15 is 0 Å². The highest BCUT2D eigenvalue weighted by Gasteiger charge is 2.40. The molecule has 0 aliphatic rings. The summed E-state index contributed by atoms with van der Waals surface area (Å²) >= 11 is 0. The smallest absolute Gasteiger partial charge is 0.395 e. The third kappa shape index (κ3) is 2.65. The highest BCUT2D eigenvalue weighted by Crippen LogP contribution is 2.34. The normalized spacial score (nSPS) is 14.0. The Balaban J connectivity index is 3.08. The fraction of sp³-hybridized carbons (Fsp3) is 0.333. The molecule has 1 N–H and O–H groups in total. The van der Waals surface area contributed by atoms with Crippen molar-refractivity contribution in [2.24, 2.45) is 0 Å². The predicted molar refractivity (Wildman–Crippen MR) is 42.2 cm³/mol. The van der Waals surface area contributed by atoms with E-state index in [1.165, 1.54) is 0 Å². The SMILES string of the molecule is OCC(c1ccc(F)c(F)c1)C(F)(F)F. The van der Waals surface area contributed by atoms with Crippen molar-refractivity contribution in [3.05, 3.63) is 35.4 Å². The minimum Gasteiger partial charge on any atom is -0.395 e. The first-order valence-corrected chi connectivity index (χ1v) is 3.98. The van der Waals surface area contributed by atoms with Crippen molar-refractivity contribution in [3.63, 3.8) is 0 Å². The van der Waals surface area contributed by atoms with Gasteiger partial charge in [0.25, 0.3) is 0 Å². The van der Waals surface area contributed by atoms with E-state index in [4.69, 9.17) is 5.11 Å². The van der Waals surface area contributed by atoms with Crippen molar-refractivity contribution in [3.8, 4) is 0 Å². The van der Waals surface area contributed by atoms with Crippen molar-refractivity contribution < 1.29 is 27.1 Å². The van der Waals surface area contributed by atoms with E-state index in [9.17, 15) is 22.0 Å². The highest BCUT2D eigenvalue weighted by molar-refractivity contribution is 5.23. The molecule has 1 aromatic carbocycles. The molecule has 0 spiro atoms. The van der Waals surface area contributed by atoms with Gasteiger partial charge < -0.3 is 5.11 Å². The molecule has 1 aromatic rings.